The van der Waals surface area contributed by atoms with Gasteiger partial charge in [-0.25, -0.2) is 5.43 Å². The molecular weight excluding hydrogens is 538 g/mol. The molecule has 1 N–H and O–H groups in total. The first-order chi connectivity index (χ1) is 14.5. The van der Waals surface area contributed by atoms with E-state index in [0.717, 1.165) is 14.7 Å². The minimum Gasteiger partial charge on any atom is -0.493 e. The number of carbonyl (C=O) groups is 1. The fourth-order valence-corrected chi connectivity index (χ4v) is 3.78. The number of nitrogens with zero attached hydrogens (tertiary/aromatic N) is 1. The average molecular weight is 555 g/mol. The molecule has 0 aromatic heterocycles. The lowest BCUT2D eigenvalue weighted by Crippen LogP contribution is -2.17. The van der Waals surface area contributed by atoms with Crippen LogP contribution in [0.4, 0.5) is 0 Å². The summed E-state index contributed by atoms with van der Waals surface area (Å²) in [5, 5.41) is 5.02. The highest BCUT2D eigenvalue weighted by Crippen LogP contribution is 2.34. The molecule has 0 radical (unpaired) electrons. The van der Waals surface area contributed by atoms with Gasteiger partial charge in [0.25, 0.3) is 5.91 Å². The molecule has 0 atom stereocenters. The molecule has 0 unspecified atom stereocenters. The van der Waals surface area contributed by atoms with Crippen molar-refractivity contribution in [3.8, 4) is 11.5 Å². The van der Waals surface area contributed by atoms with Crippen LogP contribution in [-0.2, 0) is 6.61 Å². The third kappa shape index (κ3) is 5.65. The number of ether oxygens (including phenoxy) is 2. The number of amides is 1. The minimum absolute atomic E-state index is 0.313. The van der Waals surface area contributed by atoms with E-state index in [-0.39, 0.29) is 0 Å². The molecule has 0 saturated carbocycles. The maximum absolute atomic E-state index is 12.2. The molecule has 0 aliphatic heterocycles. The molecule has 0 bridgehead atoms. The topological polar surface area (TPSA) is 59.9 Å². The zero-order valence-corrected chi connectivity index (χ0v) is 19.5. The van der Waals surface area contributed by atoms with E-state index in [1.165, 1.54) is 6.21 Å². The first kappa shape index (κ1) is 22.4. The molecule has 1 amide bonds. The molecule has 0 spiro atoms. The average Bonchev–Trinajstić information content (AvgIpc) is 2.74. The summed E-state index contributed by atoms with van der Waals surface area (Å²) in [4.78, 5) is 12.2. The first-order valence-electron chi connectivity index (χ1n) is 8.81. The molecule has 5 nitrogen and oxygen atoms in total. The van der Waals surface area contributed by atoms with Gasteiger partial charge in [0.05, 0.1) is 27.5 Å². The number of carbonyl (C=O) groups excluding carboxylic acids is 1. The van der Waals surface area contributed by atoms with E-state index >= 15 is 0 Å². The van der Waals surface area contributed by atoms with E-state index in [9.17, 15) is 4.79 Å². The van der Waals surface area contributed by atoms with Crippen LogP contribution < -0.4 is 14.9 Å². The van der Waals surface area contributed by atoms with Crippen LogP contribution in [-0.4, -0.2) is 19.2 Å². The molecule has 30 heavy (non-hydrogen) atoms. The quantitative estimate of drug-likeness (QED) is 0.223. The second-order valence-electron chi connectivity index (χ2n) is 6.09. The van der Waals surface area contributed by atoms with Gasteiger partial charge in [-0.2, -0.15) is 5.10 Å². The summed E-state index contributed by atoms with van der Waals surface area (Å²) >= 11 is 14.4. The Morgan fingerprint density at radius 3 is 2.50 bits per heavy atom. The largest absolute Gasteiger partial charge is 0.493 e. The van der Waals surface area contributed by atoms with Crippen LogP contribution in [0.1, 0.15) is 21.5 Å². The molecule has 3 aromatic carbocycles. The number of nitrogens with one attached hydrogen (secondary N) is 1. The van der Waals surface area contributed by atoms with Gasteiger partial charge in [0.2, 0.25) is 0 Å². The molecular formula is C22H17Cl2IN2O3. The van der Waals surface area contributed by atoms with E-state index < -0.39 is 5.91 Å². The Morgan fingerprint density at radius 1 is 1.10 bits per heavy atom. The fourth-order valence-electron chi connectivity index (χ4n) is 2.59. The highest BCUT2D eigenvalue weighted by Gasteiger charge is 2.13. The third-order valence-corrected chi connectivity index (χ3v) is 5.58. The van der Waals surface area contributed by atoms with Gasteiger partial charge >= 0.3 is 0 Å². The van der Waals surface area contributed by atoms with Crippen molar-refractivity contribution in [2.75, 3.05) is 7.11 Å². The van der Waals surface area contributed by atoms with Gasteiger partial charge in [-0.1, -0.05) is 53.5 Å². The fraction of sp³-hybridized carbons (Fsp3) is 0.0909. The molecule has 0 fully saturated rings. The van der Waals surface area contributed by atoms with Crippen LogP contribution in [0.2, 0.25) is 10.0 Å². The summed E-state index contributed by atoms with van der Waals surface area (Å²) in [6.07, 6.45) is 1.53. The minimum atomic E-state index is -0.391. The molecule has 3 rings (SSSR count). The van der Waals surface area contributed by atoms with Gasteiger partial charge in [-0.15, -0.1) is 0 Å². The molecule has 0 aliphatic carbocycles. The monoisotopic (exact) mass is 554 g/mol. The molecule has 0 aliphatic rings. The smallest absolute Gasteiger partial charge is 0.272 e. The first-order valence-corrected chi connectivity index (χ1v) is 10.6. The predicted molar refractivity (Wildman–Crippen MR) is 128 cm³/mol. The van der Waals surface area contributed by atoms with Gasteiger partial charge < -0.3 is 9.47 Å². The van der Waals surface area contributed by atoms with Crippen LogP contribution in [0.3, 0.4) is 0 Å². The van der Waals surface area contributed by atoms with Crippen LogP contribution in [0.5, 0.6) is 11.5 Å². The zero-order valence-electron chi connectivity index (χ0n) is 15.9. The van der Waals surface area contributed by atoms with E-state index in [0.29, 0.717) is 33.7 Å². The van der Waals surface area contributed by atoms with Crippen molar-refractivity contribution in [2.45, 2.75) is 6.61 Å². The van der Waals surface area contributed by atoms with Crippen molar-refractivity contribution >= 4 is 57.9 Å². The van der Waals surface area contributed by atoms with Gasteiger partial charge in [0.1, 0.15) is 6.61 Å². The van der Waals surface area contributed by atoms with E-state index in [1.54, 1.807) is 37.4 Å². The number of methoxy groups -OCH3 is 1. The molecule has 0 heterocycles. The Balaban J connectivity index is 1.72. The predicted octanol–water partition coefficient (Wildman–Crippen LogP) is 5.95. The Hall–Kier alpha value is -2.29. The van der Waals surface area contributed by atoms with Crippen molar-refractivity contribution in [3.05, 3.63) is 91.0 Å². The molecule has 8 heteroatoms. The second-order valence-corrected chi connectivity index (χ2v) is 8.07. The number of benzene rings is 3. The number of halogens is 3. The summed E-state index contributed by atoms with van der Waals surface area (Å²) < 4.78 is 12.2. The van der Waals surface area contributed by atoms with Crippen LogP contribution in [0.15, 0.2) is 65.8 Å². The van der Waals surface area contributed by atoms with Crippen LogP contribution in [0.25, 0.3) is 0 Å². The van der Waals surface area contributed by atoms with Crippen LogP contribution in [0, 0.1) is 3.57 Å². The van der Waals surface area contributed by atoms with E-state index in [4.69, 9.17) is 32.7 Å². The SMILES string of the molecule is COc1cc(/C=N\NC(=O)c2ccccc2Cl)cc(I)c1OCc1ccccc1Cl. The molecule has 3 aromatic rings. The summed E-state index contributed by atoms with van der Waals surface area (Å²) in [7, 11) is 1.56. The lowest BCUT2D eigenvalue weighted by Gasteiger charge is -2.14. The van der Waals surface area contributed by atoms with Crippen LogP contribution >= 0.6 is 45.8 Å². The Bertz CT molecular complexity index is 1090. The Labute approximate surface area is 198 Å². The lowest BCUT2D eigenvalue weighted by molar-refractivity contribution is 0.0955. The van der Waals surface area contributed by atoms with E-state index in [1.807, 2.05) is 30.3 Å². The van der Waals surface area contributed by atoms with Gasteiger partial charge in [-0.05, 0) is 58.5 Å². The van der Waals surface area contributed by atoms with Crippen molar-refractivity contribution in [1.82, 2.24) is 5.43 Å². The number of hydrogen-bond donors (Lipinski definition) is 1. The highest BCUT2D eigenvalue weighted by molar-refractivity contribution is 14.1. The van der Waals surface area contributed by atoms with Gasteiger partial charge in [0, 0.05) is 10.6 Å². The molecule has 154 valence electrons. The maximum Gasteiger partial charge on any atom is 0.272 e. The number of rotatable bonds is 7. The van der Waals surface area contributed by atoms with Crippen molar-refractivity contribution in [3.63, 3.8) is 0 Å². The normalized spacial score (nSPS) is 10.8. The second kappa shape index (κ2) is 10.7. The Kier molecular flexibility index (Phi) is 7.95. The third-order valence-electron chi connectivity index (χ3n) is 4.08. The van der Waals surface area contributed by atoms with Crippen molar-refractivity contribution in [2.24, 2.45) is 5.10 Å². The summed E-state index contributed by atoms with van der Waals surface area (Å²) in [6, 6.07) is 17.9. The summed E-state index contributed by atoms with van der Waals surface area (Å²) in [5.74, 6) is 0.765. The highest BCUT2D eigenvalue weighted by atomic mass is 127. The lowest BCUT2D eigenvalue weighted by atomic mass is 10.2. The van der Waals surface area contributed by atoms with Gasteiger partial charge in [-0.3, -0.25) is 4.79 Å². The molecule has 0 saturated heterocycles. The Morgan fingerprint density at radius 2 is 1.80 bits per heavy atom. The number of hydrogen-bond acceptors (Lipinski definition) is 4. The summed E-state index contributed by atoms with van der Waals surface area (Å²) in [5.41, 5.74) is 4.44. The maximum atomic E-state index is 12.2. The van der Waals surface area contributed by atoms with E-state index in [2.05, 4.69) is 33.1 Å². The van der Waals surface area contributed by atoms with Crippen molar-refractivity contribution in [1.29, 1.82) is 0 Å². The standard InChI is InChI=1S/C22H17Cl2IN2O3/c1-29-20-11-14(12-26-27-22(28)16-7-3-5-9-18(16)24)10-19(25)21(20)30-13-15-6-2-4-8-17(15)23/h2-12H,13H2,1H3,(H,27,28)/b26-12-. The zero-order chi connectivity index (χ0) is 21.5. The van der Waals surface area contributed by atoms with Gasteiger partial charge in [0.15, 0.2) is 11.5 Å². The number of hydrazone groups is 1. The summed E-state index contributed by atoms with van der Waals surface area (Å²) in [6.45, 7) is 0.313. The van der Waals surface area contributed by atoms with Crippen molar-refractivity contribution < 1.29 is 14.3 Å².